The quantitative estimate of drug-likeness (QED) is 0.123. The Morgan fingerprint density at radius 1 is 0.733 bits per heavy atom. The van der Waals surface area contributed by atoms with Gasteiger partial charge in [0, 0.05) is 13.0 Å². The van der Waals surface area contributed by atoms with E-state index in [1.54, 1.807) is 0 Å². The molecule has 4 N–H and O–H groups in total. The van der Waals surface area contributed by atoms with Gasteiger partial charge >= 0.3 is 5.97 Å². The van der Waals surface area contributed by atoms with Gasteiger partial charge in [-0.2, -0.15) is 0 Å². The van der Waals surface area contributed by atoms with E-state index in [2.05, 4.69) is 11.1 Å². The van der Waals surface area contributed by atoms with E-state index in [1.807, 2.05) is 0 Å². The third-order valence-corrected chi connectivity index (χ3v) is 6.48. The molecule has 11 heteroatoms. The van der Waals surface area contributed by atoms with E-state index in [0.29, 0.717) is 13.0 Å². The van der Waals surface area contributed by atoms with Crippen molar-refractivity contribution in [3.63, 3.8) is 0 Å². The summed E-state index contributed by atoms with van der Waals surface area (Å²) in [6, 6.07) is 0. The van der Waals surface area contributed by atoms with Crippen LogP contribution >= 0.6 is 58.0 Å². The molecule has 172 valence electrons. The number of halogens is 6. The Morgan fingerprint density at radius 2 is 1.17 bits per heavy atom. The van der Waals surface area contributed by atoms with Crippen molar-refractivity contribution >= 4 is 69.9 Å². The molecule has 1 aromatic carbocycles. The summed E-state index contributed by atoms with van der Waals surface area (Å²) >= 11 is 29.9. The van der Waals surface area contributed by atoms with Crippen LogP contribution in [-0.2, 0) is 9.59 Å². The molecule has 1 aromatic rings. The fourth-order valence-corrected chi connectivity index (χ4v) is 3.81. The fourth-order valence-electron chi connectivity index (χ4n) is 2.61. The lowest BCUT2D eigenvalue weighted by molar-refractivity contribution is -0.355. The second-order valence-electron chi connectivity index (χ2n) is 6.55. The van der Waals surface area contributed by atoms with Crippen molar-refractivity contribution in [1.82, 2.24) is 5.32 Å². The number of carbonyl (C=O) groups is 2. The molecule has 0 aromatic heterocycles. The van der Waals surface area contributed by atoms with E-state index in [4.69, 9.17) is 62.7 Å². The van der Waals surface area contributed by atoms with Gasteiger partial charge in [0.25, 0.3) is 5.91 Å². The summed E-state index contributed by atoms with van der Waals surface area (Å²) in [4.78, 5) is 23.1. The standard InChI is InChI=1S/C19H25Cl5N2O3.BrH/c20-14-15(21)17(23)19(18(24)16(14)22)29-13(28)9-7-5-3-1-2-4-6-8-10-26-12(27)11-25;/h1-11,25H2,(H,26,27);1H. The van der Waals surface area contributed by atoms with Gasteiger partial charge in [-0.05, 0) is 12.8 Å². The first-order chi connectivity index (χ1) is 13.8. The number of nitrogens with one attached hydrogen (secondary N) is 1. The van der Waals surface area contributed by atoms with Gasteiger partial charge < -0.3 is 32.8 Å². The van der Waals surface area contributed by atoms with Crippen molar-refractivity contribution in [3.8, 4) is 5.75 Å². The van der Waals surface area contributed by atoms with Crippen LogP contribution in [0, 0.1) is 0 Å². The van der Waals surface area contributed by atoms with Crippen LogP contribution in [0.4, 0.5) is 0 Å². The molecule has 0 radical (unpaired) electrons. The lowest BCUT2D eigenvalue weighted by atomic mass is 10.1. The van der Waals surface area contributed by atoms with Crippen LogP contribution in [0.5, 0.6) is 5.75 Å². The van der Waals surface area contributed by atoms with Crippen molar-refractivity contribution < 1.29 is 37.0 Å². The molecular weight excluding hydrogens is 561 g/mol. The molecule has 0 fully saturated rings. The lowest BCUT2D eigenvalue weighted by Crippen LogP contribution is -3.00. The Bertz CT molecular complexity index is 678. The maximum Gasteiger partial charge on any atom is 0.311 e. The Hall–Kier alpha value is 0.0500. The van der Waals surface area contributed by atoms with Crippen molar-refractivity contribution in [1.29, 1.82) is 0 Å². The van der Waals surface area contributed by atoms with E-state index in [0.717, 1.165) is 44.9 Å². The molecule has 30 heavy (non-hydrogen) atoms. The van der Waals surface area contributed by atoms with Crippen LogP contribution in [0.25, 0.3) is 0 Å². The fraction of sp³-hybridized carbons (Fsp3) is 0.579. The molecule has 5 nitrogen and oxygen atoms in total. The average molecular weight is 588 g/mol. The molecule has 1 amide bonds. The van der Waals surface area contributed by atoms with Crippen LogP contribution in [0.3, 0.4) is 0 Å². The van der Waals surface area contributed by atoms with Gasteiger partial charge in [0.1, 0.15) is 10.0 Å². The highest BCUT2D eigenvalue weighted by atomic mass is 79.9. The number of benzene rings is 1. The molecule has 0 aliphatic rings. The second-order valence-corrected chi connectivity index (χ2v) is 8.44. The van der Waals surface area contributed by atoms with Crippen LogP contribution in [0.1, 0.15) is 57.8 Å². The summed E-state index contributed by atoms with van der Waals surface area (Å²) in [6.07, 6.45) is 8.40. The van der Waals surface area contributed by atoms with E-state index in [9.17, 15) is 9.59 Å². The summed E-state index contributed by atoms with van der Waals surface area (Å²) in [5, 5.41) is 2.75. The predicted molar refractivity (Wildman–Crippen MR) is 119 cm³/mol. The largest absolute Gasteiger partial charge is 1.00 e. The molecule has 0 heterocycles. The SMILES string of the molecule is [Br-].[NH3+]CC(=O)NCCCCCCCCCCC(=O)Oc1c(Cl)c(Cl)c(Cl)c(Cl)c1Cl. The summed E-state index contributed by atoms with van der Waals surface area (Å²) < 4.78 is 5.24. The Balaban J connectivity index is 0.00000841. The Morgan fingerprint density at radius 3 is 1.67 bits per heavy atom. The number of amides is 1. The zero-order valence-corrected chi connectivity index (χ0v) is 21.8. The summed E-state index contributed by atoms with van der Waals surface area (Å²) in [5.74, 6) is -0.521. The van der Waals surface area contributed by atoms with E-state index < -0.39 is 5.97 Å². The molecule has 0 bridgehead atoms. The van der Waals surface area contributed by atoms with Crippen LogP contribution in [-0.4, -0.2) is 25.0 Å². The molecule has 0 saturated carbocycles. The van der Waals surface area contributed by atoms with Gasteiger partial charge in [-0.25, -0.2) is 0 Å². The predicted octanol–water partition coefficient (Wildman–Crippen LogP) is 2.73. The highest BCUT2D eigenvalue weighted by Gasteiger charge is 2.22. The minimum Gasteiger partial charge on any atom is -1.00 e. The summed E-state index contributed by atoms with van der Waals surface area (Å²) in [5.41, 5.74) is 3.53. The zero-order chi connectivity index (χ0) is 21.8. The van der Waals surface area contributed by atoms with Gasteiger partial charge in [-0.1, -0.05) is 96.5 Å². The minimum atomic E-state index is -0.451. The molecule has 0 aliphatic heterocycles. The maximum atomic E-state index is 12.0. The molecule has 0 atom stereocenters. The number of hydrogen-bond acceptors (Lipinski definition) is 3. The monoisotopic (exact) mass is 584 g/mol. The molecule has 0 unspecified atom stereocenters. The van der Waals surface area contributed by atoms with Crippen molar-refractivity contribution in [2.24, 2.45) is 0 Å². The maximum absolute atomic E-state index is 12.0. The third-order valence-electron chi connectivity index (χ3n) is 4.24. The number of unbranched alkanes of at least 4 members (excludes halogenated alkanes) is 7. The molecule has 0 aliphatic carbocycles. The number of rotatable bonds is 13. The Kier molecular flexibility index (Phi) is 16.7. The number of esters is 1. The highest BCUT2D eigenvalue weighted by molar-refractivity contribution is 6.55. The van der Waals surface area contributed by atoms with Crippen molar-refractivity contribution in [2.75, 3.05) is 13.1 Å². The van der Waals surface area contributed by atoms with Crippen LogP contribution < -0.4 is 32.8 Å². The average Bonchev–Trinajstić information content (AvgIpc) is 2.71. The number of ether oxygens (including phenoxy) is 1. The van der Waals surface area contributed by atoms with Crippen LogP contribution in [0.15, 0.2) is 0 Å². The minimum absolute atomic E-state index is 0. The van der Waals surface area contributed by atoms with Gasteiger partial charge in [0.05, 0.1) is 15.1 Å². The van der Waals surface area contributed by atoms with E-state index >= 15 is 0 Å². The van der Waals surface area contributed by atoms with Gasteiger partial charge in [-0.3, -0.25) is 9.59 Å². The summed E-state index contributed by atoms with van der Waals surface area (Å²) in [7, 11) is 0. The Labute approximate surface area is 213 Å². The van der Waals surface area contributed by atoms with Gasteiger partial charge in [0.2, 0.25) is 0 Å². The van der Waals surface area contributed by atoms with Crippen LogP contribution in [0.2, 0.25) is 25.1 Å². The van der Waals surface area contributed by atoms with E-state index in [1.165, 1.54) is 0 Å². The first-order valence-corrected chi connectivity index (χ1v) is 11.5. The zero-order valence-electron chi connectivity index (χ0n) is 16.5. The smallest absolute Gasteiger partial charge is 0.311 e. The molecule has 0 saturated heterocycles. The first-order valence-electron chi connectivity index (χ1n) is 9.57. The first kappa shape index (κ1) is 30.0. The van der Waals surface area contributed by atoms with Crippen molar-refractivity contribution in [3.05, 3.63) is 25.1 Å². The number of carbonyl (C=O) groups excluding carboxylic acids is 2. The normalized spacial score (nSPS) is 10.5. The lowest BCUT2D eigenvalue weighted by Gasteiger charge is -2.12. The molecule has 0 spiro atoms. The van der Waals surface area contributed by atoms with Crippen molar-refractivity contribution in [2.45, 2.75) is 57.8 Å². The topological polar surface area (TPSA) is 83.0 Å². The number of quaternary nitrogens is 1. The number of hydrogen-bond donors (Lipinski definition) is 2. The highest BCUT2D eigenvalue weighted by Crippen LogP contribution is 2.48. The second kappa shape index (κ2) is 16.7. The molecular formula is C19H26BrCl5N2O3. The summed E-state index contributed by atoms with van der Waals surface area (Å²) in [6.45, 7) is 1.00. The van der Waals surface area contributed by atoms with E-state index in [-0.39, 0.29) is 66.7 Å². The van der Waals surface area contributed by atoms with Gasteiger partial charge in [-0.15, -0.1) is 0 Å². The van der Waals surface area contributed by atoms with Gasteiger partial charge in [0.15, 0.2) is 12.3 Å². The molecule has 1 rings (SSSR count). The third kappa shape index (κ3) is 10.6.